The van der Waals surface area contributed by atoms with Gasteiger partial charge in [-0.25, -0.2) is 4.79 Å². The van der Waals surface area contributed by atoms with Crippen LogP contribution in [0.1, 0.15) is 43.2 Å². The summed E-state index contributed by atoms with van der Waals surface area (Å²) in [5.74, 6) is 0. The lowest BCUT2D eigenvalue weighted by atomic mass is 10.1. The number of carbonyl (C=O) groups excluding carboxylic acids is 1. The van der Waals surface area contributed by atoms with Gasteiger partial charge in [0.25, 0.3) is 0 Å². The Labute approximate surface area is 131 Å². The molecule has 0 bridgehead atoms. The van der Waals surface area contributed by atoms with E-state index in [9.17, 15) is 4.79 Å². The SMILES string of the molecule is CC(NC(=O)N1CCCC1c1cccn1C)c1ccccn1. The molecule has 1 aliphatic heterocycles. The fourth-order valence-electron chi connectivity index (χ4n) is 3.11. The van der Waals surface area contributed by atoms with E-state index in [4.69, 9.17) is 0 Å². The predicted molar refractivity (Wildman–Crippen MR) is 85.3 cm³/mol. The molecule has 5 nitrogen and oxygen atoms in total. The van der Waals surface area contributed by atoms with E-state index in [0.29, 0.717) is 0 Å². The van der Waals surface area contributed by atoms with Crippen LogP contribution < -0.4 is 5.32 Å². The van der Waals surface area contributed by atoms with Crippen molar-refractivity contribution in [1.29, 1.82) is 0 Å². The highest BCUT2D eigenvalue weighted by atomic mass is 16.2. The van der Waals surface area contributed by atoms with E-state index in [-0.39, 0.29) is 18.1 Å². The van der Waals surface area contributed by atoms with Crippen molar-refractivity contribution in [3.05, 3.63) is 54.1 Å². The molecule has 2 atom stereocenters. The fraction of sp³-hybridized carbons (Fsp3) is 0.412. The van der Waals surface area contributed by atoms with Crippen LogP contribution in [0.15, 0.2) is 42.7 Å². The van der Waals surface area contributed by atoms with Crippen LogP contribution in [0.2, 0.25) is 0 Å². The van der Waals surface area contributed by atoms with Gasteiger partial charge in [0, 0.05) is 31.7 Å². The van der Waals surface area contributed by atoms with Gasteiger partial charge in [-0.2, -0.15) is 0 Å². The van der Waals surface area contributed by atoms with Crippen LogP contribution in [0.4, 0.5) is 4.79 Å². The Morgan fingerprint density at radius 1 is 1.36 bits per heavy atom. The van der Waals surface area contributed by atoms with Crippen LogP contribution in [0, 0.1) is 0 Å². The number of amides is 2. The van der Waals surface area contributed by atoms with Gasteiger partial charge in [-0.05, 0) is 44.0 Å². The van der Waals surface area contributed by atoms with Crippen molar-refractivity contribution in [2.75, 3.05) is 6.54 Å². The van der Waals surface area contributed by atoms with Gasteiger partial charge in [0.05, 0.1) is 17.8 Å². The van der Waals surface area contributed by atoms with Crippen molar-refractivity contribution in [1.82, 2.24) is 19.8 Å². The Morgan fingerprint density at radius 2 is 2.23 bits per heavy atom. The molecule has 0 aromatic carbocycles. The molecule has 0 saturated carbocycles. The van der Waals surface area contributed by atoms with Crippen molar-refractivity contribution < 1.29 is 4.79 Å². The van der Waals surface area contributed by atoms with Crippen LogP contribution >= 0.6 is 0 Å². The molecule has 22 heavy (non-hydrogen) atoms. The first-order valence-corrected chi connectivity index (χ1v) is 7.76. The molecule has 3 rings (SSSR count). The summed E-state index contributed by atoms with van der Waals surface area (Å²) in [5, 5.41) is 3.06. The van der Waals surface area contributed by atoms with Gasteiger partial charge in [0.2, 0.25) is 0 Å². The van der Waals surface area contributed by atoms with E-state index in [0.717, 1.165) is 25.1 Å². The number of likely N-dealkylation sites (tertiary alicyclic amines) is 1. The van der Waals surface area contributed by atoms with E-state index in [2.05, 4.69) is 20.9 Å². The van der Waals surface area contributed by atoms with Gasteiger partial charge < -0.3 is 14.8 Å². The van der Waals surface area contributed by atoms with Crippen molar-refractivity contribution in [2.45, 2.75) is 31.8 Å². The smallest absolute Gasteiger partial charge is 0.318 e. The van der Waals surface area contributed by atoms with E-state index >= 15 is 0 Å². The Balaban J connectivity index is 1.70. The summed E-state index contributed by atoms with van der Waals surface area (Å²) in [7, 11) is 2.03. The first-order valence-electron chi connectivity index (χ1n) is 7.76. The Kier molecular flexibility index (Phi) is 4.13. The van der Waals surface area contributed by atoms with E-state index in [1.54, 1.807) is 6.20 Å². The fourth-order valence-corrected chi connectivity index (χ4v) is 3.11. The molecule has 2 amide bonds. The number of carbonyl (C=O) groups is 1. The molecule has 0 spiro atoms. The minimum Gasteiger partial charge on any atom is -0.353 e. The van der Waals surface area contributed by atoms with Gasteiger partial charge in [0.15, 0.2) is 0 Å². The van der Waals surface area contributed by atoms with Crippen LogP contribution in [-0.4, -0.2) is 27.0 Å². The first-order chi connectivity index (χ1) is 10.7. The molecule has 2 aromatic rings. The summed E-state index contributed by atoms with van der Waals surface area (Å²) in [5.41, 5.74) is 2.07. The molecular weight excluding hydrogens is 276 g/mol. The van der Waals surface area contributed by atoms with E-state index < -0.39 is 0 Å². The third-order valence-electron chi connectivity index (χ3n) is 4.31. The standard InChI is InChI=1S/C17H22N4O/c1-13(14-7-3-4-10-18-14)19-17(22)21-12-6-9-16(21)15-8-5-11-20(15)2/h3-5,7-8,10-11,13,16H,6,9,12H2,1-2H3,(H,19,22). The molecule has 1 N–H and O–H groups in total. The first kappa shape index (κ1) is 14.6. The Bertz CT molecular complexity index is 637. The maximum Gasteiger partial charge on any atom is 0.318 e. The molecule has 116 valence electrons. The number of pyridine rings is 1. The lowest BCUT2D eigenvalue weighted by Gasteiger charge is -2.27. The second-order valence-corrected chi connectivity index (χ2v) is 5.82. The minimum absolute atomic E-state index is 0.0122. The number of hydrogen-bond acceptors (Lipinski definition) is 2. The highest BCUT2D eigenvalue weighted by Gasteiger charge is 2.31. The van der Waals surface area contributed by atoms with Crippen molar-refractivity contribution in [3.8, 4) is 0 Å². The summed E-state index contributed by atoms with van der Waals surface area (Å²) in [6.07, 6.45) is 5.84. The van der Waals surface area contributed by atoms with E-state index in [1.807, 2.05) is 49.3 Å². The molecule has 2 unspecified atom stereocenters. The zero-order valence-corrected chi connectivity index (χ0v) is 13.1. The topological polar surface area (TPSA) is 50.2 Å². The largest absolute Gasteiger partial charge is 0.353 e. The third kappa shape index (κ3) is 2.84. The minimum atomic E-state index is -0.0941. The van der Waals surface area contributed by atoms with E-state index in [1.165, 1.54) is 5.69 Å². The molecule has 3 heterocycles. The molecule has 2 aromatic heterocycles. The van der Waals surface area contributed by atoms with Crippen molar-refractivity contribution in [3.63, 3.8) is 0 Å². The van der Waals surface area contributed by atoms with Crippen LogP contribution in [0.5, 0.6) is 0 Å². The summed E-state index contributed by atoms with van der Waals surface area (Å²) in [6.45, 7) is 2.77. The molecular formula is C17H22N4O. The maximum atomic E-state index is 12.6. The summed E-state index contributed by atoms with van der Waals surface area (Å²) >= 11 is 0. The molecule has 1 fully saturated rings. The molecule has 1 saturated heterocycles. The lowest BCUT2D eigenvalue weighted by Crippen LogP contribution is -2.41. The number of nitrogens with one attached hydrogen (secondary N) is 1. The summed E-state index contributed by atoms with van der Waals surface area (Å²) in [6, 6.07) is 9.93. The lowest BCUT2D eigenvalue weighted by molar-refractivity contribution is 0.188. The maximum absolute atomic E-state index is 12.6. The van der Waals surface area contributed by atoms with Gasteiger partial charge in [-0.3, -0.25) is 4.98 Å². The van der Waals surface area contributed by atoms with Crippen LogP contribution in [0.25, 0.3) is 0 Å². The van der Waals surface area contributed by atoms with Gasteiger partial charge >= 0.3 is 6.03 Å². The number of aryl methyl sites for hydroxylation is 1. The van der Waals surface area contributed by atoms with Gasteiger partial charge in [-0.15, -0.1) is 0 Å². The molecule has 0 radical (unpaired) electrons. The third-order valence-corrected chi connectivity index (χ3v) is 4.31. The number of rotatable bonds is 3. The molecule has 0 aliphatic carbocycles. The zero-order chi connectivity index (χ0) is 15.5. The van der Waals surface area contributed by atoms with Crippen molar-refractivity contribution >= 4 is 6.03 Å². The number of urea groups is 1. The van der Waals surface area contributed by atoms with Crippen molar-refractivity contribution in [2.24, 2.45) is 7.05 Å². The highest BCUT2D eigenvalue weighted by molar-refractivity contribution is 5.75. The number of hydrogen-bond donors (Lipinski definition) is 1. The van der Waals surface area contributed by atoms with Gasteiger partial charge in [-0.1, -0.05) is 6.07 Å². The van der Waals surface area contributed by atoms with Gasteiger partial charge in [0.1, 0.15) is 0 Å². The highest BCUT2D eigenvalue weighted by Crippen LogP contribution is 2.32. The monoisotopic (exact) mass is 298 g/mol. The average Bonchev–Trinajstić information content (AvgIpc) is 3.16. The second-order valence-electron chi connectivity index (χ2n) is 5.82. The molecule has 5 heteroatoms. The average molecular weight is 298 g/mol. The Morgan fingerprint density at radius 3 is 2.91 bits per heavy atom. The Hall–Kier alpha value is -2.30. The molecule has 1 aliphatic rings. The quantitative estimate of drug-likeness (QED) is 0.947. The second kappa shape index (κ2) is 6.22. The summed E-state index contributed by atoms with van der Waals surface area (Å²) < 4.78 is 2.10. The number of aromatic nitrogens is 2. The van der Waals surface area contributed by atoms with Crippen LogP contribution in [-0.2, 0) is 7.05 Å². The predicted octanol–water partition coefficient (Wildman–Crippen LogP) is 3.03. The number of nitrogens with zero attached hydrogens (tertiary/aromatic N) is 3. The normalized spacial score (nSPS) is 19.2. The zero-order valence-electron chi connectivity index (χ0n) is 13.1. The van der Waals surface area contributed by atoms with Crippen LogP contribution in [0.3, 0.4) is 0 Å². The summed E-state index contributed by atoms with van der Waals surface area (Å²) in [4.78, 5) is 18.9.